The molecule has 0 spiro atoms. The van der Waals surface area contributed by atoms with Crippen molar-refractivity contribution in [1.29, 1.82) is 0 Å². The normalized spacial score (nSPS) is 24.2. The minimum atomic E-state index is -0.499. The van der Waals surface area contributed by atoms with E-state index < -0.39 is 6.04 Å². The van der Waals surface area contributed by atoms with Crippen LogP contribution in [-0.2, 0) is 24.3 Å². The van der Waals surface area contributed by atoms with Crippen LogP contribution in [-0.4, -0.2) is 82.3 Å². The van der Waals surface area contributed by atoms with E-state index in [0.717, 1.165) is 75.1 Å². The predicted octanol–water partition coefficient (Wildman–Crippen LogP) is 7.34. The number of piperidine rings is 3. The van der Waals surface area contributed by atoms with Crippen LogP contribution in [0.2, 0.25) is 0 Å². The smallest absolute Gasteiger partial charge is 0.255 e. The number of nitrogens with one attached hydrogen (secondary N) is 1. The molecule has 0 saturated carbocycles. The summed E-state index contributed by atoms with van der Waals surface area (Å²) >= 11 is 0. The third-order valence-electron chi connectivity index (χ3n) is 14.3. The molecule has 3 saturated heterocycles. The van der Waals surface area contributed by atoms with E-state index in [0.29, 0.717) is 54.8 Å². The summed E-state index contributed by atoms with van der Waals surface area (Å²) in [4.78, 5) is 48.7. The van der Waals surface area contributed by atoms with E-state index >= 15 is 0 Å². The van der Waals surface area contributed by atoms with Gasteiger partial charge in [0.15, 0.2) is 0 Å². The van der Waals surface area contributed by atoms with Crippen molar-refractivity contribution in [2.75, 3.05) is 37.6 Å². The Morgan fingerprint density at radius 1 is 0.672 bits per heavy atom. The molecule has 2 N–H and O–H groups in total. The van der Waals surface area contributed by atoms with Gasteiger partial charge in [-0.05, 0) is 133 Å². The number of likely N-dealkylation sites (tertiary alicyclic amines) is 1. The Morgan fingerprint density at radius 2 is 1.36 bits per heavy atom. The van der Waals surface area contributed by atoms with Gasteiger partial charge in [0.1, 0.15) is 11.8 Å². The zero-order chi connectivity index (χ0) is 39.5. The van der Waals surface area contributed by atoms with Gasteiger partial charge in [-0.2, -0.15) is 0 Å². The molecule has 3 atom stereocenters. The SMILES string of the molecule is C=C1CCC(N2Cc3cc4c(cc3C2=O)CN(C2CCN(CC3CCN(c5ccc([C@@H]6c7ccc(O)cc7CC[C@@H]6c6ccccc6)cc5)CC3)CC2)C4=O)C(=O)N1. The maximum atomic E-state index is 13.8. The van der Waals surface area contributed by atoms with Crippen molar-refractivity contribution in [2.45, 2.75) is 88.4 Å². The quantitative estimate of drug-likeness (QED) is 0.204. The summed E-state index contributed by atoms with van der Waals surface area (Å²) in [6.45, 7) is 10.0. The first-order chi connectivity index (χ1) is 28.3. The van der Waals surface area contributed by atoms with Crippen molar-refractivity contribution in [3.63, 3.8) is 0 Å². The monoisotopic (exact) mass is 775 g/mol. The van der Waals surface area contributed by atoms with Gasteiger partial charge >= 0.3 is 0 Å². The van der Waals surface area contributed by atoms with Crippen LogP contribution in [0.5, 0.6) is 5.75 Å². The Morgan fingerprint density at radius 3 is 2.07 bits per heavy atom. The third-order valence-corrected chi connectivity index (χ3v) is 14.3. The zero-order valence-corrected chi connectivity index (χ0v) is 33.2. The number of hydrogen-bond donors (Lipinski definition) is 2. The molecule has 1 unspecified atom stereocenters. The van der Waals surface area contributed by atoms with Crippen molar-refractivity contribution in [3.05, 3.63) is 142 Å². The highest BCUT2D eigenvalue weighted by molar-refractivity contribution is 6.05. The molecule has 0 radical (unpaired) electrons. The fourth-order valence-corrected chi connectivity index (χ4v) is 11.1. The van der Waals surface area contributed by atoms with Gasteiger partial charge in [-0.25, -0.2) is 0 Å². The number of anilines is 1. The standard InChI is InChI=1S/C49H53N5O4/c1-31-7-16-45(47(56)50-31)54-30-37-27-43-36(26-44(37)49(54)58)29-53(48(43)57)39-19-21-51(22-20-39)28-32-17-23-52(24-18-32)38-11-8-34(9-12-38)46-41(33-5-3-2-4-6-33)14-10-35-25-40(55)13-15-42(35)46/h2-6,8-9,11-13,15,25-27,32,39,41,45-46,55H,1,7,10,14,16-24,28-30H2,(H,50,56)/t41-,45?,46+/m1/s1. The predicted molar refractivity (Wildman–Crippen MR) is 225 cm³/mol. The summed E-state index contributed by atoms with van der Waals surface area (Å²) in [5.74, 6) is 1.47. The first-order valence-electron chi connectivity index (χ1n) is 21.5. The van der Waals surface area contributed by atoms with E-state index in [1.807, 2.05) is 29.2 Å². The maximum absolute atomic E-state index is 13.8. The second-order valence-corrected chi connectivity index (χ2v) is 17.7. The Hall–Kier alpha value is -5.41. The largest absolute Gasteiger partial charge is 0.508 e. The summed E-state index contributed by atoms with van der Waals surface area (Å²) in [7, 11) is 0. The summed E-state index contributed by atoms with van der Waals surface area (Å²) in [6, 6.07) is 29.7. The van der Waals surface area contributed by atoms with Gasteiger partial charge in [-0.3, -0.25) is 14.4 Å². The molecule has 3 fully saturated rings. The lowest BCUT2D eigenvalue weighted by molar-refractivity contribution is -0.126. The van der Waals surface area contributed by atoms with Gasteiger partial charge in [-0.1, -0.05) is 55.1 Å². The van der Waals surface area contributed by atoms with E-state index in [4.69, 9.17) is 0 Å². The number of hydrogen-bond acceptors (Lipinski definition) is 6. The second-order valence-electron chi connectivity index (χ2n) is 17.7. The van der Waals surface area contributed by atoms with Crippen LogP contribution in [0.3, 0.4) is 0 Å². The number of carbonyl (C=O) groups is 3. The Balaban J connectivity index is 0.721. The molecule has 298 valence electrons. The number of benzene rings is 4. The molecule has 4 aromatic carbocycles. The van der Waals surface area contributed by atoms with Crippen molar-refractivity contribution in [2.24, 2.45) is 5.92 Å². The van der Waals surface area contributed by atoms with Crippen molar-refractivity contribution in [3.8, 4) is 5.75 Å². The molecule has 9 heteroatoms. The Labute approximate surface area is 341 Å². The fraction of sp³-hybridized carbons (Fsp3) is 0.408. The van der Waals surface area contributed by atoms with Crippen molar-refractivity contribution < 1.29 is 19.5 Å². The third kappa shape index (κ3) is 6.77. The molecule has 4 aromatic rings. The maximum Gasteiger partial charge on any atom is 0.255 e. The van der Waals surface area contributed by atoms with Gasteiger partial charge in [0.2, 0.25) is 5.91 Å². The number of amides is 3. The first kappa shape index (κ1) is 36.9. The van der Waals surface area contributed by atoms with Crippen molar-refractivity contribution >= 4 is 23.4 Å². The van der Waals surface area contributed by atoms with Gasteiger partial charge in [0, 0.05) is 80.3 Å². The van der Waals surface area contributed by atoms with Crippen LogP contribution in [0.25, 0.3) is 0 Å². The minimum Gasteiger partial charge on any atom is -0.508 e. The van der Waals surface area contributed by atoms with E-state index in [1.54, 1.807) is 4.90 Å². The van der Waals surface area contributed by atoms with Crippen LogP contribution in [0.4, 0.5) is 5.69 Å². The fourth-order valence-electron chi connectivity index (χ4n) is 11.1. The zero-order valence-electron chi connectivity index (χ0n) is 33.2. The number of carbonyl (C=O) groups excluding carboxylic acids is 3. The second kappa shape index (κ2) is 15.1. The highest BCUT2D eigenvalue weighted by atomic mass is 16.3. The van der Waals surface area contributed by atoms with Crippen LogP contribution in [0.15, 0.2) is 97.2 Å². The molecule has 5 heterocycles. The number of phenolic OH excluding ortho intramolecular Hbond substituents is 1. The molecule has 10 rings (SSSR count). The summed E-state index contributed by atoms with van der Waals surface area (Å²) in [6.07, 6.45) is 7.58. The number of aryl methyl sites for hydroxylation is 1. The van der Waals surface area contributed by atoms with Gasteiger partial charge in [-0.15, -0.1) is 0 Å². The molecular weight excluding hydrogens is 723 g/mol. The number of phenols is 1. The van der Waals surface area contributed by atoms with E-state index in [2.05, 4.69) is 82.4 Å². The van der Waals surface area contributed by atoms with E-state index in [-0.39, 0.29) is 29.7 Å². The summed E-state index contributed by atoms with van der Waals surface area (Å²) in [5, 5.41) is 13.0. The molecule has 5 aliphatic heterocycles. The highest BCUT2D eigenvalue weighted by Gasteiger charge is 2.42. The average molecular weight is 776 g/mol. The molecule has 9 nitrogen and oxygen atoms in total. The van der Waals surface area contributed by atoms with E-state index in [9.17, 15) is 19.5 Å². The molecule has 1 aliphatic carbocycles. The lowest BCUT2D eigenvalue weighted by Gasteiger charge is -2.40. The Kier molecular flexibility index (Phi) is 9.59. The van der Waals surface area contributed by atoms with E-state index in [1.165, 1.54) is 40.8 Å². The molecule has 6 aliphatic rings. The first-order valence-corrected chi connectivity index (χ1v) is 21.5. The topological polar surface area (TPSA) is 96.4 Å². The number of fused-ring (bicyclic) bond motifs is 3. The van der Waals surface area contributed by atoms with Crippen LogP contribution < -0.4 is 10.2 Å². The number of rotatable bonds is 7. The van der Waals surface area contributed by atoms with Gasteiger partial charge in [0.25, 0.3) is 11.8 Å². The highest BCUT2D eigenvalue weighted by Crippen LogP contribution is 2.47. The summed E-state index contributed by atoms with van der Waals surface area (Å²) in [5.41, 5.74) is 10.4. The van der Waals surface area contributed by atoms with Gasteiger partial charge < -0.3 is 30.0 Å². The van der Waals surface area contributed by atoms with Crippen LogP contribution in [0, 0.1) is 5.92 Å². The molecule has 58 heavy (non-hydrogen) atoms. The van der Waals surface area contributed by atoms with Crippen LogP contribution in [0.1, 0.15) is 111 Å². The lowest BCUT2D eigenvalue weighted by Crippen LogP contribution is -2.49. The molecule has 0 aromatic heterocycles. The minimum absolute atomic E-state index is 0.0779. The van der Waals surface area contributed by atoms with Crippen molar-refractivity contribution in [1.82, 2.24) is 20.0 Å². The van der Waals surface area contributed by atoms with Gasteiger partial charge in [0.05, 0.1) is 0 Å². The number of aromatic hydroxyl groups is 1. The number of allylic oxidation sites excluding steroid dienone is 1. The van der Waals surface area contributed by atoms with Crippen LogP contribution >= 0.6 is 0 Å². The Bertz CT molecular complexity index is 2260. The molecule has 0 bridgehead atoms. The molecular formula is C49H53N5O4. The summed E-state index contributed by atoms with van der Waals surface area (Å²) < 4.78 is 0. The lowest BCUT2D eigenvalue weighted by atomic mass is 9.69. The molecule has 3 amide bonds. The number of nitrogens with zero attached hydrogens (tertiary/aromatic N) is 4. The average Bonchev–Trinajstić information content (AvgIpc) is 3.74.